The molecular weight excluding hydrogens is 134 g/mol. The lowest BCUT2D eigenvalue weighted by Gasteiger charge is -1.77. The Kier molecular flexibility index (Phi) is 1.00. The van der Waals surface area contributed by atoms with Crippen LogP contribution in [-0.4, -0.2) is 15.3 Å². The van der Waals surface area contributed by atoms with Gasteiger partial charge in [-0.3, -0.25) is 0 Å². The van der Waals surface area contributed by atoms with Gasteiger partial charge in [-0.25, -0.2) is 0 Å². The van der Waals surface area contributed by atoms with Gasteiger partial charge in [-0.05, 0) is 0 Å². The maximum absolute atomic E-state index is 4.69. The molecule has 0 N–H and O–H groups in total. The molecule has 0 atom stereocenters. The first-order valence-electron chi connectivity index (χ1n) is 2.56. The number of hydrogen-bond acceptors (Lipinski definition) is 5. The van der Waals surface area contributed by atoms with Crippen LogP contribution in [0.5, 0.6) is 0 Å². The zero-order chi connectivity index (χ0) is 6.81. The first kappa shape index (κ1) is 5.16. The van der Waals surface area contributed by atoms with E-state index < -0.39 is 0 Å². The molecule has 0 spiro atoms. The highest BCUT2D eigenvalue weighted by Crippen LogP contribution is 2.10. The van der Waals surface area contributed by atoms with Gasteiger partial charge >= 0.3 is 0 Å². The first-order valence-corrected chi connectivity index (χ1v) is 2.56. The maximum atomic E-state index is 4.69. The van der Waals surface area contributed by atoms with Gasteiger partial charge in [0.1, 0.15) is 6.20 Å². The average molecular weight is 136 g/mol. The SMILES string of the molecule is [c]1cc(-c2ncon2)on1. The Morgan fingerprint density at radius 1 is 1.50 bits per heavy atom. The van der Waals surface area contributed by atoms with Crippen LogP contribution in [0.15, 0.2) is 21.5 Å². The second-order valence-electron chi connectivity index (χ2n) is 1.58. The third-order valence-corrected chi connectivity index (χ3v) is 0.974. The second-order valence-corrected chi connectivity index (χ2v) is 1.58. The number of nitrogens with zero attached hydrogens (tertiary/aromatic N) is 3. The molecule has 10 heavy (non-hydrogen) atoms. The van der Waals surface area contributed by atoms with Gasteiger partial charge in [-0.2, -0.15) is 4.98 Å². The van der Waals surface area contributed by atoms with Crippen molar-refractivity contribution in [3.05, 3.63) is 18.7 Å². The van der Waals surface area contributed by atoms with E-state index in [4.69, 9.17) is 0 Å². The Hall–Kier alpha value is -1.65. The summed E-state index contributed by atoms with van der Waals surface area (Å²) in [6.45, 7) is 0. The van der Waals surface area contributed by atoms with Crippen molar-refractivity contribution in [2.75, 3.05) is 0 Å². The van der Waals surface area contributed by atoms with Crippen LogP contribution >= 0.6 is 0 Å². The lowest BCUT2D eigenvalue weighted by atomic mass is 10.4. The molecule has 0 saturated heterocycles. The first-order chi connectivity index (χ1) is 4.97. The summed E-state index contributed by atoms with van der Waals surface area (Å²) in [4.78, 5) is 3.73. The third-order valence-electron chi connectivity index (χ3n) is 0.974. The summed E-state index contributed by atoms with van der Waals surface area (Å²) in [5.74, 6) is 0.836. The maximum Gasteiger partial charge on any atom is 0.240 e. The van der Waals surface area contributed by atoms with E-state index in [9.17, 15) is 0 Å². The molecule has 2 heterocycles. The fourth-order valence-corrected chi connectivity index (χ4v) is 0.571. The Morgan fingerprint density at radius 3 is 3.10 bits per heavy atom. The van der Waals surface area contributed by atoms with Crippen molar-refractivity contribution in [2.24, 2.45) is 0 Å². The predicted octanol–water partition coefficient (Wildman–Crippen LogP) is 0.525. The van der Waals surface area contributed by atoms with Gasteiger partial charge in [0.2, 0.25) is 18.0 Å². The molecule has 5 nitrogen and oxygen atoms in total. The van der Waals surface area contributed by atoms with Crippen molar-refractivity contribution < 1.29 is 9.05 Å². The van der Waals surface area contributed by atoms with Gasteiger partial charge < -0.3 is 9.05 Å². The highest BCUT2D eigenvalue weighted by atomic mass is 16.5. The molecule has 49 valence electrons. The molecule has 0 fully saturated rings. The minimum Gasteiger partial charge on any atom is -0.352 e. The predicted molar refractivity (Wildman–Crippen MR) is 28.6 cm³/mol. The third kappa shape index (κ3) is 0.680. The van der Waals surface area contributed by atoms with E-state index in [2.05, 4.69) is 30.5 Å². The largest absolute Gasteiger partial charge is 0.352 e. The molecule has 0 saturated carbocycles. The fraction of sp³-hybridized carbons (Fsp3) is 0. The van der Waals surface area contributed by atoms with Crippen LogP contribution in [0.4, 0.5) is 0 Å². The normalized spacial score (nSPS) is 10.0. The van der Waals surface area contributed by atoms with Crippen molar-refractivity contribution in [1.29, 1.82) is 0 Å². The summed E-state index contributed by atoms with van der Waals surface area (Å²) in [6, 6.07) is 1.53. The van der Waals surface area contributed by atoms with Crippen molar-refractivity contribution in [3.63, 3.8) is 0 Å². The van der Waals surface area contributed by atoms with Gasteiger partial charge in [0.05, 0.1) is 0 Å². The molecule has 2 aromatic heterocycles. The van der Waals surface area contributed by atoms with Gasteiger partial charge in [0, 0.05) is 6.07 Å². The number of hydrogen-bond donors (Lipinski definition) is 0. The van der Waals surface area contributed by atoms with E-state index in [-0.39, 0.29) is 0 Å². The highest BCUT2D eigenvalue weighted by Gasteiger charge is 2.05. The lowest BCUT2D eigenvalue weighted by molar-refractivity contribution is 0.405. The minimum absolute atomic E-state index is 0.383. The Balaban J connectivity index is 2.48. The highest BCUT2D eigenvalue weighted by molar-refractivity contribution is 5.42. The molecule has 1 radical (unpaired) electrons. The molecule has 0 bridgehead atoms. The van der Waals surface area contributed by atoms with Crippen molar-refractivity contribution in [3.8, 4) is 11.6 Å². The summed E-state index contributed by atoms with van der Waals surface area (Å²) in [5.41, 5.74) is 0. The standard InChI is InChI=1S/C5H2N3O2/c1-2-7-10-4(1)5-6-3-9-8-5/h1,3H. The molecule has 0 aliphatic carbocycles. The van der Waals surface area contributed by atoms with E-state index in [0.717, 1.165) is 0 Å². The van der Waals surface area contributed by atoms with E-state index in [1.807, 2.05) is 0 Å². The molecule has 2 rings (SSSR count). The zero-order valence-corrected chi connectivity index (χ0v) is 4.81. The monoisotopic (exact) mass is 136 g/mol. The van der Waals surface area contributed by atoms with E-state index in [1.54, 1.807) is 0 Å². The van der Waals surface area contributed by atoms with Gasteiger partial charge in [0.25, 0.3) is 0 Å². The summed E-state index contributed by atoms with van der Waals surface area (Å²) >= 11 is 0. The summed E-state index contributed by atoms with van der Waals surface area (Å²) in [7, 11) is 0. The van der Waals surface area contributed by atoms with Gasteiger partial charge in [0.15, 0.2) is 0 Å². The Bertz CT molecular complexity index is 254. The van der Waals surface area contributed by atoms with E-state index in [0.29, 0.717) is 11.6 Å². The van der Waals surface area contributed by atoms with Gasteiger partial charge in [-0.15, -0.1) is 0 Å². The van der Waals surface area contributed by atoms with Crippen LogP contribution in [0.1, 0.15) is 0 Å². The average Bonchev–Trinajstić information content (AvgIpc) is 2.59. The number of rotatable bonds is 1. The summed E-state index contributed by atoms with van der Waals surface area (Å²) in [5, 5.41) is 6.88. The topological polar surface area (TPSA) is 65.0 Å². The van der Waals surface area contributed by atoms with Crippen molar-refractivity contribution >= 4 is 0 Å². The zero-order valence-electron chi connectivity index (χ0n) is 4.81. The molecule has 0 aliphatic heterocycles. The van der Waals surface area contributed by atoms with Crippen LogP contribution in [0.25, 0.3) is 11.6 Å². The smallest absolute Gasteiger partial charge is 0.240 e. The molecule has 0 amide bonds. The molecule has 2 aromatic rings. The quantitative estimate of drug-likeness (QED) is 0.571. The molecule has 0 unspecified atom stereocenters. The van der Waals surface area contributed by atoms with E-state index in [1.165, 1.54) is 12.5 Å². The van der Waals surface area contributed by atoms with Crippen LogP contribution < -0.4 is 0 Å². The Morgan fingerprint density at radius 2 is 2.50 bits per heavy atom. The molecule has 5 heteroatoms. The fourth-order valence-electron chi connectivity index (χ4n) is 0.571. The van der Waals surface area contributed by atoms with Crippen LogP contribution in [-0.2, 0) is 0 Å². The van der Waals surface area contributed by atoms with Crippen LogP contribution in [0.3, 0.4) is 0 Å². The lowest BCUT2D eigenvalue weighted by Crippen LogP contribution is -1.73. The summed E-state index contributed by atoms with van der Waals surface area (Å²) in [6.07, 6.45) is 3.70. The summed E-state index contributed by atoms with van der Waals surface area (Å²) < 4.78 is 9.16. The molecule has 0 aliphatic rings. The Labute approximate surface area is 55.6 Å². The molecule has 0 aromatic carbocycles. The van der Waals surface area contributed by atoms with Crippen molar-refractivity contribution in [2.45, 2.75) is 0 Å². The van der Waals surface area contributed by atoms with Crippen molar-refractivity contribution in [1.82, 2.24) is 15.3 Å². The molecular formula is C5H2N3O2. The van der Waals surface area contributed by atoms with Crippen LogP contribution in [0, 0.1) is 6.20 Å². The van der Waals surface area contributed by atoms with Crippen LogP contribution in [0.2, 0.25) is 0 Å². The minimum atomic E-state index is 0.383. The van der Waals surface area contributed by atoms with E-state index >= 15 is 0 Å². The number of aromatic nitrogens is 3. The van der Waals surface area contributed by atoms with Gasteiger partial charge in [-0.1, -0.05) is 10.3 Å². The second kappa shape index (κ2) is 1.94.